The zero-order chi connectivity index (χ0) is 24.5. The summed E-state index contributed by atoms with van der Waals surface area (Å²) in [5, 5.41) is 12.1. The molecule has 10 nitrogen and oxygen atoms in total. The SMILES string of the molecule is [2H]C([2H])([2H])NC(=O)c1cnc(NC(=O)C2CC2)cc1Nc1cnn2ccc(COC)c(OC)c12. The van der Waals surface area contributed by atoms with Gasteiger partial charge in [-0.25, -0.2) is 9.50 Å². The van der Waals surface area contributed by atoms with Crippen molar-refractivity contribution < 1.29 is 23.2 Å². The molecule has 3 aromatic heterocycles. The molecule has 3 aromatic rings. The minimum Gasteiger partial charge on any atom is -0.494 e. The Hall–Kier alpha value is -3.66. The largest absolute Gasteiger partial charge is 0.494 e. The molecular weight excluding hydrogens is 400 g/mol. The number of anilines is 3. The van der Waals surface area contributed by atoms with E-state index in [1.165, 1.54) is 19.4 Å². The van der Waals surface area contributed by atoms with E-state index < -0.39 is 12.9 Å². The second-order valence-electron chi connectivity index (χ2n) is 7.12. The number of nitrogens with one attached hydrogen (secondary N) is 3. The van der Waals surface area contributed by atoms with Gasteiger partial charge in [-0.1, -0.05) is 0 Å². The molecule has 1 aliphatic carbocycles. The fourth-order valence-electron chi connectivity index (χ4n) is 3.27. The number of amides is 2. The number of fused-ring (bicyclic) bond motifs is 1. The minimum absolute atomic E-state index is 0.0214. The van der Waals surface area contributed by atoms with Crippen LogP contribution in [0.25, 0.3) is 5.52 Å². The van der Waals surface area contributed by atoms with E-state index in [0.717, 1.165) is 18.4 Å². The molecule has 0 atom stereocenters. The van der Waals surface area contributed by atoms with E-state index in [0.29, 0.717) is 23.6 Å². The van der Waals surface area contributed by atoms with Crippen LogP contribution in [0.3, 0.4) is 0 Å². The van der Waals surface area contributed by atoms with Gasteiger partial charge in [-0.15, -0.1) is 0 Å². The van der Waals surface area contributed by atoms with Gasteiger partial charge in [-0.2, -0.15) is 5.10 Å². The molecule has 0 aliphatic heterocycles. The molecule has 31 heavy (non-hydrogen) atoms. The van der Waals surface area contributed by atoms with E-state index in [2.05, 4.69) is 20.7 Å². The topological polar surface area (TPSA) is 119 Å². The molecule has 0 radical (unpaired) electrons. The highest BCUT2D eigenvalue weighted by molar-refractivity contribution is 6.02. The Morgan fingerprint density at radius 2 is 2.13 bits per heavy atom. The molecule has 3 N–H and O–H groups in total. The van der Waals surface area contributed by atoms with Crippen molar-refractivity contribution in [2.45, 2.75) is 19.4 Å². The van der Waals surface area contributed by atoms with Crippen LogP contribution in [0.1, 0.15) is 32.9 Å². The smallest absolute Gasteiger partial charge is 0.254 e. The molecule has 1 saturated carbocycles. The van der Waals surface area contributed by atoms with E-state index in [-0.39, 0.29) is 28.9 Å². The predicted octanol–water partition coefficient (Wildman–Crippen LogP) is 2.34. The van der Waals surface area contributed by atoms with Gasteiger partial charge in [0.1, 0.15) is 11.3 Å². The normalized spacial score (nSPS) is 15.0. The molecule has 0 aromatic carbocycles. The lowest BCUT2D eigenvalue weighted by Crippen LogP contribution is -2.20. The summed E-state index contributed by atoms with van der Waals surface area (Å²) in [6, 6.07) is 3.29. The number of aromatic nitrogens is 3. The first-order valence-corrected chi connectivity index (χ1v) is 9.62. The minimum atomic E-state index is -2.68. The van der Waals surface area contributed by atoms with E-state index in [4.69, 9.17) is 13.6 Å². The monoisotopic (exact) mass is 427 g/mol. The van der Waals surface area contributed by atoms with Crippen molar-refractivity contribution in [2.24, 2.45) is 5.92 Å². The quantitative estimate of drug-likeness (QED) is 0.505. The molecule has 0 bridgehead atoms. The summed E-state index contributed by atoms with van der Waals surface area (Å²) in [4.78, 5) is 29.0. The molecule has 2 amide bonds. The van der Waals surface area contributed by atoms with Crippen molar-refractivity contribution in [2.75, 3.05) is 31.8 Å². The second-order valence-corrected chi connectivity index (χ2v) is 7.12. The van der Waals surface area contributed by atoms with Gasteiger partial charge in [0.25, 0.3) is 5.91 Å². The Bertz CT molecular complexity index is 1240. The number of carbonyl (C=O) groups excluding carboxylic acids is 2. The molecular formula is C21H24N6O4. The van der Waals surface area contributed by atoms with Crippen molar-refractivity contribution in [3.05, 3.63) is 41.9 Å². The lowest BCUT2D eigenvalue weighted by Gasteiger charge is -2.14. The number of hydrogen-bond acceptors (Lipinski definition) is 7. The van der Waals surface area contributed by atoms with Gasteiger partial charge >= 0.3 is 0 Å². The van der Waals surface area contributed by atoms with Crippen LogP contribution in [0.4, 0.5) is 17.2 Å². The summed E-state index contributed by atoms with van der Waals surface area (Å²) < 4.78 is 34.5. The maximum absolute atomic E-state index is 12.7. The van der Waals surface area contributed by atoms with Crippen LogP contribution in [0.2, 0.25) is 0 Å². The number of hydrogen-bond donors (Lipinski definition) is 3. The van der Waals surface area contributed by atoms with Gasteiger partial charge in [0.2, 0.25) is 5.91 Å². The molecule has 1 fully saturated rings. The highest BCUT2D eigenvalue weighted by Gasteiger charge is 2.30. The molecule has 0 spiro atoms. The molecule has 0 saturated heterocycles. The van der Waals surface area contributed by atoms with Crippen LogP contribution < -0.4 is 20.7 Å². The molecule has 4 rings (SSSR count). The predicted molar refractivity (Wildman–Crippen MR) is 115 cm³/mol. The third-order valence-corrected chi connectivity index (χ3v) is 4.95. The van der Waals surface area contributed by atoms with Gasteiger partial charge in [0, 0.05) is 48.1 Å². The number of carbonyl (C=O) groups is 2. The lowest BCUT2D eigenvalue weighted by atomic mass is 10.2. The van der Waals surface area contributed by atoms with Crippen molar-refractivity contribution in [1.82, 2.24) is 19.9 Å². The van der Waals surface area contributed by atoms with Crippen LogP contribution >= 0.6 is 0 Å². The Morgan fingerprint density at radius 1 is 1.29 bits per heavy atom. The fourth-order valence-corrected chi connectivity index (χ4v) is 3.27. The van der Waals surface area contributed by atoms with E-state index in [1.54, 1.807) is 24.0 Å². The van der Waals surface area contributed by atoms with Crippen LogP contribution in [-0.2, 0) is 16.1 Å². The number of ether oxygens (including phenoxy) is 2. The molecule has 1 aliphatic rings. The summed E-state index contributed by atoms with van der Waals surface area (Å²) in [6.45, 7) is -2.38. The summed E-state index contributed by atoms with van der Waals surface area (Å²) in [5.74, 6) is -0.291. The van der Waals surface area contributed by atoms with Crippen LogP contribution in [0, 0.1) is 5.92 Å². The summed E-state index contributed by atoms with van der Waals surface area (Å²) >= 11 is 0. The highest BCUT2D eigenvalue weighted by Crippen LogP contribution is 2.34. The molecule has 3 heterocycles. The number of methoxy groups -OCH3 is 2. The molecule has 0 unspecified atom stereocenters. The van der Waals surface area contributed by atoms with Gasteiger partial charge < -0.3 is 25.4 Å². The zero-order valence-electron chi connectivity index (χ0n) is 20.1. The van der Waals surface area contributed by atoms with Crippen molar-refractivity contribution in [1.29, 1.82) is 0 Å². The van der Waals surface area contributed by atoms with Crippen LogP contribution in [0.15, 0.2) is 30.7 Å². The first-order chi connectivity index (χ1) is 16.2. The standard InChI is InChI=1S/C21H24N6O4/c1-22-21(29)14-9-23-17(26-20(28)12-4-5-12)8-15(14)25-16-10-24-27-7-6-13(11-30-2)19(31-3)18(16)27/h6-10,12H,4-5,11H2,1-3H3,(H,22,29)(H2,23,25,26,28)/i1D3. The number of nitrogens with zero attached hydrogens (tertiary/aromatic N) is 3. The average molecular weight is 427 g/mol. The fraction of sp³-hybridized carbons (Fsp3) is 0.333. The third kappa shape index (κ3) is 4.15. The van der Waals surface area contributed by atoms with Crippen LogP contribution in [-0.4, -0.2) is 47.6 Å². The Morgan fingerprint density at radius 3 is 2.84 bits per heavy atom. The summed E-state index contributed by atoms with van der Waals surface area (Å²) in [6.07, 6.45) is 6.14. The highest BCUT2D eigenvalue weighted by atomic mass is 16.5. The summed E-state index contributed by atoms with van der Waals surface area (Å²) in [5.41, 5.74) is 2.07. The molecule has 162 valence electrons. The zero-order valence-corrected chi connectivity index (χ0v) is 17.1. The Balaban J connectivity index is 1.75. The van der Waals surface area contributed by atoms with Crippen molar-refractivity contribution in [3.8, 4) is 5.75 Å². The van der Waals surface area contributed by atoms with Gasteiger partial charge in [-0.05, 0) is 18.9 Å². The lowest BCUT2D eigenvalue weighted by molar-refractivity contribution is -0.117. The van der Waals surface area contributed by atoms with Gasteiger partial charge in [-0.3, -0.25) is 9.59 Å². The maximum atomic E-state index is 12.7. The third-order valence-electron chi connectivity index (χ3n) is 4.95. The van der Waals surface area contributed by atoms with Gasteiger partial charge in [0.15, 0.2) is 5.75 Å². The van der Waals surface area contributed by atoms with E-state index in [9.17, 15) is 9.59 Å². The van der Waals surface area contributed by atoms with Crippen molar-refractivity contribution >= 4 is 34.5 Å². The van der Waals surface area contributed by atoms with E-state index >= 15 is 0 Å². The number of pyridine rings is 2. The van der Waals surface area contributed by atoms with E-state index in [1.807, 2.05) is 11.4 Å². The molecule has 10 heteroatoms. The average Bonchev–Trinajstić information content (AvgIpc) is 3.55. The number of rotatable bonds is 8. The maximum Gasteiger partial charge on any atom is 0.254 e. The first kappa shape index (κ1) is 17.1. The van der Waals surface area contributed by atoms with Gasteiger partial charge in [0.05, 0.1) is 36.9 Å². The van der Waals surface area contributed by atoms with Crippen LogP contribution in [0.5, 0.6) is 5.75 Å². The van der Waals surface area contributed by atoms with Crippen molar-refractivity contribution in [3.63, 3.8) is 0 Å². The Labute approximate surface area is 183 Å². The first-order valence-electron chi connectivity index (χ1n) is 11.1. The summed E-state index contributed by atoms with van der Waals surface area (Å²) in [7, 11) is 3.10. The Kier molecular flexibility index (Phi) is 4.74. The second kappa shape index (κ2) is 8.60.